The van der Waals surface area contributed by atoms with E-state index in [-0.39, 0.29) is 17.0 Å². The maximum atomic E-state index is 5.42. The Hall–Kier alpha value is -2.41. The third-order valence-corrected chi connectivity index (χ3v) is 10.2. The van der Waals surface area contributed by atoms with Gasteiger partial charge < -0.3 is 21.7 Å². The van der Waals surface area contributed by atoms with Gasteiger partial charge in [-0.05, 0) is 66.9 Å². The molecule has 1 nitrogen and oxygen atoms in total. The van der Waals surface area contributed by atoms with Crippen molar-refractivity contribution in [2.45, 2.75) is 12.8 Å². The Kier molecular flexibility index (Phi) is 8.46. The molecule has 0 amide bonds. The van der Waals surface area contributed by atoms with Gasteiger partial charge in [-0.3, -0.25) is 0 Å². The molecular formula is C28H28BrOP. The van der Waals surface area contributed by atoms with Crippen LogP contribution in [0.1, 0.15) is 12.0 Å². The molecule has 0 bridgehead atoms. The van der Waals surface area contributed by atoms with Crippen LogP contribution in [0.3, 0.4) is 0 Å². The van der Waals surface area contributed by atoms with E-state index in [0.717, 1.165) is 24.8 Å². The van der Waals surface area contributed by atoms with Gasteiger partial charge >= 0.3 is 0 Å². The first-order chi connectivity index (χ1) is 14.8. The van der Waals surface area contributed by atoms with E-state index in [2.05, 4.69) is 109 Å². The summed E-state index contributed by atoms with van der Waals surface area (Å²) in [5, 5.41) is 4.36. The average Bonchev–Trinajstić information content (AvgIpc) is 2.84. The number of benzene rings is 4. The highest BCUT2D eigenvalue weighted by Gasteiger charge is 2.44. The lowest BCUT2D eigenvalue weighted by Crippen LogP contribution is -3.00. The summed E-state index contributed by atoms with van der Waals surface area (Å²) in [6, 6.07) is 41.8. The van der Waals surface area contributed by atoms with Gasteiger partial charge in [-0.2, -0.15) is 0 Å². The summed E-state index contributed by atoms with van der Waals surface area (Å²) < 4.78 is 5.42. The molecule has 0 heterocycles. The van der Waals surface area contributed by atoms with Crippen LogP contribution in [0.2, 0.25) is 0 Å². The highest BCUT2D eigenvalue weighted by molar-refractivity contribution is 7.95. The molecule has 0 spiro atoms. The fourth-order valence-corrected chi connectivity index (χ4v) is 8.58. The predicted molar refractivity (Wildman–Crippen MR) is 131 cm³/mol. The maximum absolute atomic E-state index is 5.42. The second kappa shape index (κ2) is 11.3. The molecule has 0 N–H and O–H groups in total. The molecule has 0 unspecified atom stereocenters. The first-order valence-electron chi connectivity index (χ1n) is 10.5. The number of methoxy groups -OCH3 is 1. The van der Waals surface area contributed by atoms with E-state index in [1.807, 2.05) is 6.07 Å². The summed E-state index contributed by atoms with van der Waals surface area (Å²) in [6.07, 6.45) is 3.31. The van der Waals surface area contributed by atoms with E-state index in [1.165, 1.54) is 21.5 Å². The van der Waals surface area contributed by atoms with Crippen LogP contribution in [-0.4, -0.2) is 13.3 Å². The van der Waals surface area contributed by atoms with Crippen molar-refractivity contribution in [2.75, 3.05) is 13.3 Å². The third kappa shape index (κ3) is 5.26. The normalized spacial score (nSPS) is 10.9. The Morgan fingerprint density at radius 3 is 1.55 bits per heavy atom. The molecule has 0 atom stereocenters. The smallest absolute Gasteiger partial charge is 0.119 e. The van der Waals surface area contributed by atoms with E-state index in [0.29, 0.717) is 0 Å². The van der Waals surface area contributed by atoms with Crippen molar-refractivity contribution in [1.82, 2.24) is 0 Å². The van der Waals surface area contributed by atoms with Crippen LogP contribution in [0, 0.1) is 0 Å². The zero-order chi connectivity index (χ0) is 20.7. The lowest BCUT2D eigenvalue weighted by molar-refractivity contribution is -0.00000619. The Balaban J connectivity index is 0.00000272. The SMILES string of the molecule is COc1cccc(CCC[P+](c2ccccc2)(c2ccccc2)c2ccccc2)c1.[Br-]. The minimum absolute atomic E-state index is 0. The molecule has 3 heteroatoms. The van der Waals surface area contributed by atoms with Gasteiger partial charge in [0.25, 0.3) is 0 Å². The first kappa shape index (κ1) is 23.3. The van der Waals surface area contributed by atoms with Crippen molar-refractivity contribution in [3.8, 4) is 5.75 Å². The summed E-state index contributed by atoms with van der Waals surface area (Å²) in [7, 11) is -0.00824. The van der Waals surface area contributed by atoms with Gasteiger partial charge in [0.1, 0.15) is 28.9 Å². The number of aryl methyl sites for hydroxylation is 1. The van der Waals surface area contributed by atoms with Crippen molar-refractivity contribution >= 4 is 23.2 Å². The topological polar surface area (TPSA) is 9.23 Å². The molecule has 0 aliphatic heterocycles. The molecule has 4 aromatic carbocycles. The zero-order valence-corrected chi connectivity index (χ0v) is 20.3. The third-order valence-electron chi connectivity index (χ3n) is 5.68. The molecule has 0 fully saturated rings. The predicted octanol–water partition coefficient (Wildman–Crippen LogP) is 2.63. The summed E-state index contributed by atoms with van der Waals surface area (Å²) in [6.45, 7) is 0. The Bertz CT molecular complexity index is 955. The largest absolute Gasteiger partial charge is 1.00 e. The Labute approximate surface area is 197 Å². The minimum atomic E-state index is -1.74. The monoisotopic (exact) mass is 490 g/mol. The van der Waals surface area contributed by atoms with Crippen LogP contribution in [0.25, 0.3) is 0 Å². The van der Waals surface area contributed by atoms with Crippen LogP contribution in [0.5, 0.6) is 5.75 Å². The van der Waals surface area contributed by atoms with Crippen molar-refractivity contribution in [3.05, 3.63) is 121 Å². The fourth-order valence-electron chi connectivity index (χ4n) is 4.23. The van der Waals surface area contributed by atoms with Gasteiger partial charge in [-0.15, -0.1) is 0 Å². The average molecular weight is 491 g/mol. The van der Waals surface area contributed by atoms with Crippen molar-refractivity contribution in [3.63, 3.8) is 0 Å². The summed E-state index contributed by atoms with van der Waals surface area (Å²) >= 11 is 0. The Morgan fingerprint density at radius 2 is 1.10 bits per heavy atom. The second-order valence-corrected chi connectivity index (χ2v) is 11.1. The molecule has 0 saturated heterocycles. The molecule has 4 aromatic rings. The van der Waals surface area contributed by atoms with Gasteiger partial charge in [-0.1, -0.05) is 66.7 Å². The molecule has 4 rings (SSSR count). The van der Waals surface area contributed by atoms with Gasteiger partial charge in [0.15, 0.2) is 0 Å². The van der Waals surface area contributed by atoms with E-state index in [4.69, 9.17) is 4.74 Å². The van der Waals surface area contributed by atoms with Gasteiger partial charge in [0.2, 0.25) is 0 Å². The van der Waals surface area contributed by atoms with Gasteiger partial charge in [0.05, 0.1) is 13.3 Å². The van der Waals surface area contributed by atoms with E-state index >= 15 is 0 Å². The standard InChI is InChI=1S/C28H28OP.BrH/c1-29-25-15-11-13-24(23-25)14-12-22-30(26-16-5-2-6-17-26,27-18-7-3-8-19-27)28-20-9-4-10-21-28;/h2-11,13,15-21,23H,12,14,22H2,1H3;1H/q+1;/p-1. The van der Waals surface area contributed by atoms with Gasteiger partial charge in [0, 0.05) is 0 Å². The maximum Gasteiger partial charge on any atom is 0.119 e. The number of hydrogen-bond donors (Lipinski definition) is 0. The molecule has 0 saturated carbocycles. The molecule has 0 aliphatic carbocycles. The molecule has 158 valence electrons. The minimum Gasteiger partial charge on any atom is -1.00 e. The molecular weight excluding hydrogens is 463 g/mol. The van der Waals surface area contributed by atoms with Gasteiger partial charge in [-0.25, -0.2) is 0 Å². The zero-order valence-electron chi connectivity index (χ0n) is 17.8. The molecule has 0 aromatic heterocycles. The van der Waals surface area contributed by atoms with Crippen LogP contribution in [0.15, 0.2) is 115 Å². The van der Waals surface area contributed by atoms with Crippen LogP contribution >= 0.6 is 7.26 Å². The van der Waals surface area contributed by atoms with Crippen molar-refractivity contribution < 1.29 is 21.7 Å². The Morgan fingerprint density at radius 1 is 0.613 bits per heavy atom. The highest BCUT2D eigenvalue weighted by atomic mass is 79.9. The summed E-state index contributed by atoms with van der Waals surface area (Å²) in [5.74, 6) is 0.933. The number of hydrogen-bond acceptors (Lipinski definition) is 1. The summed E-state index contributed by atoms with van der Waals surface area (Å²) in [4.78, 5) is 0. The lowest BCUT2D eigenvalue weighted by Gasteiger charge is -2.27. The lowest BCUT2D eigenvalue weighted by atomic mass is 10.1. The molecule has 0 radical (unpaired) electrons. The van der Waals surface area contributed by atoms with Crippen molar-refractivity contribution in [1.29, 1.82) is 0 Å². The van der Waals surface area contributed by atoms with E-state index in [9.17, 15) is 0 Å². The molecule has 31 heavy (non-hydrogen) atoms. The van der Waals surface area contributed by atoms with E-state index < -0.39 is 7.26 Å². The highest BCUT2D eigenvalue weighted by Crippen LogP contribution is 2.55. The first-order valence-corrected chi connectivity index (χ1v) is 12.5. The van der Waals surface area contributed by atoms with E-state index in [1.54, 1.807) is 7.11 Å². The van der Waals surface area contributed by atoms with Crippen LogP contribution in [-0.2, 0) is 6.42 Å². The van der Waals surface area contributed by atoms with Crippen molar-refractivity contribution in [2.24, 2.45) is 0 Å². The summed E-state index contributed by atoms with van der Waals surface area (Å²) in [5.41, 5.74) is 1.33. The van der Waals surface area contributed by atoms with Crippen LogP contribution < -0.4 is 37.6 Å². The quantitative estimate of drug-likeness (QED) is 0.345. The molecule has 0 aliphatic rings. The number of ether oxygens (including phenoxy) is 1. The second-order valence-electron chi connectivity index (χ2n) is 7.50. The van der Waals surface area contributed by atoms with Crippen LogP contribution in [0.4, 0.5) is 0 Å². The number of halogens is 1. The number of rotatable bonds is 8. The fraction of sp³-hybridized carbons (Fsp3) is 0.143.